The zero-order chi connectivity index (χ0) is 8.55. The Balaban J connectivity index is 2.86. The van der Waals surface area contributed by atoms with Gasteiger partial charge in [-0.2, -0.15) is 0 Å². The minimum absolute atomic E-state index is 1.21. The van der Waals surface area contributed by atoms with Gasteiger partial charge in [0.2, 0.25) is 0 Å². The first-order chi connectivity index (χ1) is 5.77. The Morgan fingerprint density at radius 3 is 2.75 bits per heavy atom. The van der Waals surface area contributed by atoms with E-state index in [4.69, 9.17) is 0 Å². The number of benzene rings is 1. The van der Waals surface area contributed by atoms with Gasteiger partial charge in [0, 0.05) is 24.9 Å². The summed E-state index contributed by atoms with van der Waals surface area (Å²) in [7, 11) is 0. The number of hydrogen-bond donors (Lipinski definition) is 0. The average molecular weight is 381 g/mol. The quantitative estimate of drug-likeness (QED) is 0.638. The lowest BCUT2D eigenvalue weighted by atomic mass is 10.2. The van der Waals surface area contributed by atoms with Crippen LogP contribution in [0.1, 0.15) is 0 Å². The number of nitrogens with zero attached hydrogens (tertiary/aromatic N) is 1. The molecule has 3 heteroatoms. The number of rotatable bonds is 0. The summed E-state index contributed by atoms with van der Waals surface area (Å²) in [6, 6.07) is 6.40. The summed E-state index contributed by atoms with van der Waals surface area (Å²) in [5.41, 5.74) is 0. The molecule has 1 aromatic heterocycles. The summed E-state index contributed by atoms with van der Waals surface area (Å²) in [4.78, 5) is 4.14. The van der Waals surface area contributed by atoms with E-state index in [1.165, 1.54) is 17.9 Å². The molecule has 0 atom stereocenters. The average Bonchev–Trinajstić information content (AvgIpc) is 2.04. The molecule has 0 aliphatic carbocycles. The fourth-order valence-electron chi connectivity index (χ4n) is 1.11. The second-order valence-electron chi connectivity index (χ2n) is 2.49. The molecule has 0 radical (unpaired) electrons. The molecular weight excluding hydrogens is 376 g/mol. The van der Waals surface area contributed by atoms with E-state index in [0.717, 1.165) is 0 Å². The minimum atomic E-state index is 1.21. The Bertz CT molecular complexity index is 426. The molecule has 60 valence electrons. The zero-order valence-corrected chi connectivity index (χ0v) is 10.4. The molecule has 0 aliphatic heterocycles. The summed E-state index contributed by atoms with van der Waals surface area (Å²) < 4.78 is 2.46. The summed E-state index contributed by atoms with van der Waals surface area (Å²) in [5.74, 6) is 0. The molecule has 0 saturated heterocycles. The van der Waals surface area contributed by atoms with Gasteiger partial charge in [0.25, 0.3) is 0 Å². The van der Waals surface area contributed by atoms with Gasteiger partial charge in [0.15, 0.2) is 0 Å². The third-order valence-corrected chi connectivity index (χ3v) is 3.20. The molecule has 12 heavy (non-hydrogen) atoms. The Labute approximate surface area is 97.9 Å². The van der Waals surface area contributed by atoms with Crippen molar-refractivity contribution in [3.63, 3.8) is 0 Å². The van der Waals surface area contributed by atoms with E-state index in [0.29, 0.717) is 0 Å². The van der Waals surface area contributed by atoms with Crippen molar-refractivity contribution in [2.24, 2.45) is 0 Å². The molecule has 0 amide bonds. The molecule has 0 unspecified atom stereocenters. The van der Waals surface area contributed by atoms with Crippen LogP contribution >= 0.6 is 45.2 Å². The largest absolute Gasteiger partial charge is 0.263 e. The second kappa shape index (κ2) is 3.45. The monoisotopic (exact) mass is 381 g/mol. The van der Waals surface area contributed by atoms with Gasteiger partial charge >= 0.3 is 0 Å². The molecule has 1 aromatic carbocycles. The van der Waals surface area contributed by atoms with Crippen molar-refractivity contribution >= 4 is 56.0 Å². The fourth-order valence-corrected chi connectivity index (χ4v) is 2.28. The van der Waals surface area contributed by atoms with Crippen LogP contribution in [0.3, 0.4) is 0 Å². The first-order valence-electron chi connectivity index (χ1n) is 3.46. The number of halogens is 2. The van der Waals surface area contributed by atoms with E-state index < -0.39 is 0 Å². The molecule has 0 spiro atoms. The maximum atomic E-state index is 4.14. The summed E-state index contributed by atoms with van der Waals surface area (Å²) in [5, 5.41) is 2.50. The Kier molecular flexibility index (Phi) is 2.49. The predicted molar refractivity (Wildman–Crippen MR) is 67.2 cm³/mol. The Morgan fingerprint density at radius 1 is 1.08 bits per heavy atom. The number of fused-ring (bicyclic) bond motifs is 1. The van der Waals surface area contributed by atoms with Crippen LogP contribution < -0.4 is 0 Å². The third-order valence-electron chi connectivity index (χ3n) is 1.67. The molecule has 1 heterocycles. The van der Waals surface area contributed by atoms with E-state index in [9.17, 15) is 0 Å². The van der Waals surface area contributed by atoms with Crippen molar-refractivity contribution in [3.05, 3.63) is 37.7 Å². The Hall–Kier alpha value is 0.0900. The molecule has 2 aromatic rings. The highest BCUT2D eigenvalue weighted by Gasteiger charge is 1.97. The third kappa shape index (κ3) is 1.56. The Morgan fingerprint density at radius 2 is 1.92 bits per heavy atom. The lowest BCUT2D eigenvalue weighted by Gasteiger charge is -1.99. The highest BCUT2D eigenvalue weighted by Crippen LogP contribution is 2.20. The van der Waals surface area contributed by atoms with Gasteiger partial charge in [-0.1, -0.05) is 6.07 Å². The number of pyridine rings is 1. The molecule has 0 saturated carbocycles. The second-order valence-corrected chi connectivity index (χ2v) is 4.89. The maximum absolute atomic E-state index is 4.14. The topological polar surface area (TPSA) is 12.9 Å². The molecule has 0 N–H and O–H groups in total. The first kappa shape index (κ1) is 8.68. The van der Waals surface area contributed by atoms with Gasteiger partial charge in [0.1, 0.15) is 0 Å². The standard InChI is InChI=1S/C9H5I2N/c10-7-1-2-8-6(3-7)4-12-5-9(8)11/h1-5H. The van der Waals surface area contributed by atoms with E-state index in [-0.39, 0.29) is 0 Å². The van der Waals surface area contributed by atoms with Crippen molar-refractivity contribution in [3.8, 4) is 0 Å². The minimum Gasteiger partial charge on any atom is -0.263 e. The van der Waals surface area contributed by atoms with Crippen molar-refractivity contribution in [2.75, 3.05) is 0 Å². The fraction of sp³-hybridized carbons (Fsp3) is 0. The number of hydrogen-bond acceptors (Lipinski definition) is 1. The van der Waals surface area contributed by atoms with Crippen LogP contribution in [0.4, 0.5) is 0 Å². The van der Waals surface area contributed by atoms with Crippen LogP contribution in [-0.4, -0.2) is 4.98 Å². The van der Waals surface area contributed by atoms with E-state index in [1.807, 2.05) is 12.4 Å². The normalized spacial score (nSPS) is 10.5. The highest BCUT2D eigenvalue weighted by atomic mass is 127. The van der Waals surface area contributed by atoms with Gasteiger partial charge in [0.05, 0.1) is 0 Å². The van der Waals surface area contributed by atoms with Crippen LogP contribution in [-0.2, 0) is 0 Å². The van der Waals surface area contributed by atoms with Gasteiger partial charge < -0.3 is 0 Å². The molecule has 0 aliphatic rings. The molecular formula is C9H5I2N. The smallest absolute Gasteiger partial charge is 0.0408 e. The molecule has 0 bridgehead atoms. The van der Waals surface area contributed by atoms with Gasteiger partial charge in [-0.3, -0.25) is 4.98 Å². The van der Waals surface area contributed by atoms with Crippen molar-refractivity contribution in [1.29, 1.82) is 0 Å². The SMILES string of the molecule is Ic1ccc2c(I)cncc2c1. The molecule has 1 nitrogen and oxygen atoms in total. The van der Waals surface area contributed by atoms with Crippen LogP contribution in [0.25, 0.3) is 10.8 Å². The zero-order valence-electron chi connectivity index (χ0n) is 6.09. The first-order valence-corrected chi connectivity index (χ1v) is 5.62. The highest BCUT2D eigenvalue weighted by molar-refractivity contribution is 14.1. The van der Waals surface area contributed by atoms with E-state index in [1.54, 1.807) is 0 Å². The summed E-state index contributed by atoms with van der Waals surface area (Å²) >= 11 is 4.61. The van der Waals surface area contributed by atoms with Crippen molar-refractivity contribution in [2.45, 2.75) is 0 Å². The van der Waals surface area contributed by atoms with Gasteiger partial charge in [-0.05, 0) is 62.7 Å². The number of aromatic nitrogens is 1. The maximum Gasteiger partial charge on any atom is 0.0408 e. The van der Waals surface area contributed by atoms with E-state index >= 15 is 0 Å². The van der Waals surface area contributed by atoms with Crippen LogP contribution in [0.5, 0.6) is 0 Å². The van der Waals surface area contributed by atoms with Crippen LogP contribution in [0.15, 0.2) is 30.6 Å². The molecule has 0 fully saturated rings. The summed E-state index contributed by atoms with van der Waals surface area (Å²) in [6.07, 6.45) is 3.79. The van der Waals surface area contributed by atoms with Crippen LogP contribution in [0, 0.1) is 7.14 Å². The predicted octanol–water partition coefficient (Wildman–Crippen LogP) is 3.44. The van der Waals surface area contributed by atoms with E-state index in [2.05, 4.69) is 68.4 Å². The molecule has 2 rings (SSSR count). The summed E-state index contributed by atoms with van der Waals surface area (Å²) in [6.45, 7) is 0. The van der Waals surface area contributed by atoms with Crippen LogP contribution in [0.2, 0.25) is 0 Å². The van der Waals surface area contributed by atoms with Crippen molar-refractivity contribution in [1.82, 2.24) is 4.98 Å². The van der Waals surface area contributed by atoms with Gasteiger partial charge in [-0.25, -0.2) is 0 Å². The lowest BCUT2D eigenvalue weighted by molar-refractivity contribution is 1.34. The van der Waals surface area contributed by atoms with Gasteiger partial charge in [-0.15, -0.1) is 0 Å². The lowest BCUT2D eigenvalue weighted by Crippen LogP contribution is -1.81. The van der Waals surface area contributed by atoms with Crippen molar-refractivity contribution < 1.29 is 0 Å².